The number of nitrogens with one attached hydrogen (secondary N) is 2. The number of hydrogen-bond donors (Lipinski definition) is 2. The highest BCUT2D eigenvalue weighted by Crippen LogP contribution is 2.22. The van der Waals surface area contributed by atoms with Crippen LogP contribution in [0.5, 0.6) is 0 Å². The molecule has 0 bridgehead atoms. The van der Waals surface area contributed by atoms with E-state index in [1.54, 1.807) is 0 Å². The van der Waals surface area contributed by atoms with Crippen LogP contribution in [-0.4, -0.2) is 61.8 Å². The van der Waals surface area contributed by atoms with E-state index < -0.39 is 0 Å². The van der Waals surface area contributed by atoms with Gasteiger partial charge in [-0.3, -0.25) is 9.89 Å². The predicted molar refractivity (Wildman–Crippen MR) is 102 cm³/mol. The lowest BCUT2D eigenvalue weighted by Gasteiger charge is -2.34. The van der Waals surface area contributed by atoms with Gasteiger partial charge in [-0.05, 0) is 45.6 Å². The lowest BCUT2D eigenvalue weighted by Crippen LogP contribution is -2.48. The van der Waals surface area contributed by atoms with Crippen molar-refractivity contribution in [3.05, 3.63) is 0 Å². The van der Waals surface area contributed by atoms with Crippen molar-refractivity contribution in [3.8, 4) is 0 Å². The molecule has 2 heterocycles. The highest BCUT2D eigenvalue weighted by molar-refractivity contribution is 5.80. The van der Waals surface area contributed by atoms with Crippen LogP contribution in [-0.2, 0) is 4.74 Å². The molecule has 5 nitrogen and oxygen atoms in total. The fourth-order valence-electron chi connectivity index (χ4n) is 3.65. The van der Waals surface area contributed by atoms with E-state index in [0.29, 0.717) is 12.1 Å². The van der Waals surface area contributed by atoms with Crippen LogP contribution >= 0.6 is 0 Å². The van der Waals surface area contributed by atoms with Crippen molar-refractivity contribution in [2.75, 3.05) is 32.8 Å². The molecule has 140 valence electrons. The summed E-state index contributed by atoms with van der Waals surface area (Å²) >= 11 is 0. The van der Waals surface area contributed by atoms with Gasteiger partial charge in [-0.2, -0.15) is 0 Å². The van der Waals surface area contributed by atoms with Crippen LogP contribution in [0.2, 0.25) is 0 Å². The van der Waals surface area contributed by atoms with Crippen molar-refractivity contribution in [1.29, 1.82) is 0 Å². The van der Waals surface area contributed by atoms with Gasteiger partial charge in [0, 0.05) is 25.2 Å². The number of ether oxygens (including phenoxy) is 1. The largest absolute Gasteiger partial charge is 0.373 e. The fraction of sp³-hybridized carbons (Fsp3) is 0.947. The first kappa shape index (κ1) is 19.5. The zero-order chi connectivity index (χ0) is 17.4. The Morgan fingerprint density at radius 2 is 2.12 bits per heavy atom. The second kappa shape index (κ2) is 10.2. The quantitative estimate of drug-likeness (QED) is 0.528. The first-order valence-electron chi connectivity index (χ1n) is 9.99. The fourth-order valence-corrected chi connectivity index (χ4v) is 3.65. The summed E-state index contributed by atoms with van der Waals surface area (Å²) in [5.41, 5.74) is 0. The summed E-state index contributed by atoms with van der Waals surface area (Å²) in [5.74, 6) is 1.72. The monoisotopic (exact) mass is 338 g/mol. The van der Waals surface area contributed by atoms with E-state index in [2.05, 4.69) is 43.2 Å². The molecule has 2 N–H and O–H groups in total. The van der Waals surface area contributed by atoms with Crippen molar-refractivity contribution >= 4 is 5.96 Å². The molecule has 24 heavy (non-hydrogen) atoms. The maximum absolute atomic E-state index is 6.01. The molecule has 0 aromatic carbocycles. The topological polar surface area (TPSA) is 48.9 Å². The Bertz CT molecular complexity index is 386. The second-order valence-corrected chi connectivity index (χ2v) is 7.84. The summed E-state index contributed by atoms with van der Waals surface area (Å²) in [6.07, 6.45) is 6.62. The highest BCUT2D eigenvalue weighted by Gasteiger charge is 2.31. The summed E-state index contributed by atoms with van der Waals surface area (Å²) < 4.78 is 6.01. The van der Waals surface area contributed by atoms with Gasteiger partial charge in [0.2, 0.25) is 0 Å². The zero-order valence-corrected chi connectivity index (χ0v) is 16.2. The second-order valence-electron chi connectivity index (χ2n) is 7.84. The zero-order valence-electron chi connectivity index (χ0n) is 16.2. The number of nitrogens with zero attached hydrogens (tertiary/aromatic N) is 2. The van der Waals surface area contributed by atoms with Gasteiger partial charge >= 0.3 is 0 Å². The lowest BCUT2D eigenvalue weighted by atomic mass is 10.0. The van der Waals surface area contributed by atoms with Crippen LogP contribution in [0.3, 0.4) is 0 Å². The summed E-state index contributed by atoms with van der Waals surface area (Å²) in [6.45, 7) is 13.7. The number of rotatable bonds is 8. The molecule has 0 spiro atoms. The third-order valence-corrected chi connectivity index (χ3v) is 5.06. The van der Waals surface area contributed by atoms with E-state index in [1.165, 1.54) is 38.6 Å². The van der Waals surface area contributed by atoms with Crippen LogP contribution in [0.25, 0.3) is 0 Å². The Labute approximate surface area is 148 Å². The third kappa shape index (κ3) is 6.60. The molecule has 2 saturated heterocycles. The van der Waals surface area contributed by atoms with Gasteiger partial charge in [0.15, 0.2) is 5.96 Å². The molecule has 5 heteroatoms. The van der Waals surface area contributed by atoms with Crippen molar-refractivity contribution in [2.45, 2.75) is 78.0 Å². The molecule has 0 aromatic rings. The molecule has 2 aliphatic rings. The van der Waals surface area contributed by atoms with Crippen molar-refractivity contribution in [3.63, 3.8) is 0 Å². The molecule has 2 rings (SSSR count). The summed E-state index contributed by atoms with van der Waals surface area (Å²) in [6, 6.07) is 1.12. The number of fused-ring (bicyclic) bond motifs is 1. The van der Waals surface area contributed by atoms with Crippen LogP contribution in [0.15, 0.2) is 4.99 Å². The minimum atomic E-state index is 0.242. The van der Waals surface area contributed by atoms with E-state index in [1.807, 2.05) is 0 Å². The lowest BCUT2D eigenvalue weighted by molar-refractivity contribution is -0.0432. The molecule has 0 radical (unpaired) electrons. The van der Waals surface area contributed by atoms with Crippen molar-refractivity contribution in [2.24, 2.45) is 10.9 Å². The average molecular weight is 339 g/mol. The van der Waals surface area contributed by atoms with Gasteiger partial charge in [-0.15, -0.1) is 0 Å². The standard InChI is InChI=1S/C19H38N4O/c1-5-20-19(22-16(4)9-6-8-15(2)3)21-12-18-13-23-11-7-10-17(23)14-24-18/h15-18H,5-14H2,1-4H3,(H2,20,21,22). The minimum absolute atomic E-state index is 0.242. The highest BCUT2D eigenvalue weighted by atomic mass is 16.5. The Morgan fingerprint density at radius 3 is 2.88 bits per heavy atom. The van der Waals surface area contributed by atoms with Gasteiger partial charge in [0.05, 0.1) is 19.3 Å². The van der Waals surface area contributed by atoms with Gasteiger partial charge in [0.25, 0.3) is 0 Å². The average Bonchev–Trinajstić information content (AvgIpc) is 3.00. The van der Waals surface area contributed by atoms with Gasteiger partial charge < -0.3 is 15.4 Å². The molecule has 3 atom stereocenters. The number of hydrogen-bond acceptors (Lipinski definition) is 3. The minimum Gasteiger partial charge on any atom is -0.373 e. The van der Waals surface area contributed by atoms with Crippen LogP contribution < -0.4 is 10.6 Å². The van der Waals surface area contributed by atoms with Gasteiger partial charge in [0.1, 0.15) is 0 Å². The molecule has 0 amide bonds. The third-order valence-electron chi connectivity index (χ3n) is 5.06. The van der Waals surface area contributed by atoms with E-state index >= 15 is 0 Å². The molecular weight excluding hydrogens is 300 g/mol. The Kier molecular flexibility index (Phi) is 8.33. The van der Waals surface area contributed by atoms with Crippen LogP contribution in [0, 0.1) is 5.92 Å². The van der Waals surface area contributed by atoms with E-state index in [9.17, 15) is 0 Å². The smallest absolute Gasteiger partial charge is 0.191 e. The number of aliphatic imine (C=N–C) groups is 1. The molecule has 0 aliphatic carbocycles. The predicted octanol–water partition coefficient (Wildman–Crippen LogP) is 2.62. The van der Waals surface area contributed by atoms with Crippen molar-refractivity contribution < 1.29 is 4.74 Å². The normalized spacial score (nSPS) is 26.5. The van der Waals surface area contributed by atoms with E-state index in [4.69, 9.17) is 9.73 Å². The van der Waals surface area contributed by atoms with E-state index in [-0.39, 0.29) is 6.10 Å². The number of guanidine groups is 1. The van der Waals surface area contributed by atoms with Gasteiger partial charge in [-0.25, -0.2) is 0 Å². The number of morpholine rings is 1. The molecule has 2 aliphatic heterocycles. The van der Waals surface area contributed by atoms with Crippen LogP contribution in [0.1, 0.15) is 59.8 Å². The SMILES string of the molecule is CCNC(=NCC1CN2CCCC2CO1)NC(C)CCCC(C)C. The molecule has 0 aromatic heterocycles. The molecule has 0 saturated carbocycles. The maximum Gasteiger partial charge on any atom is 0.191 e. The Morgan fingerprint density at radius 1 is 1.29 bits per heavy atom. The first-order valence-corrected chi connectivity index (χ1v) is 9.99. The molecule has 3 unspecified atom stereocenters. The summed E-state index contributed by atoms with van der Waals surface area (Å²) in [5, 5.41) is 6.92. The summed E-state index contributed by atoms with van der Waals surface area (Å²) in [7, 11) is 0. The van der Waals surface area contributed by atoms with Crippen LogP contribution in [0.4, 0.5) is 0 Å². The Balaban J connectivity index is 1.75. The van der Waals surface area contributed by atoms with Gasteiger partial charge in [-0.1, -0.05) is 26.7 Å². The van der Waals surface area contributed by atoms with Crippen molar-refractivity contribution in [1.82, 2.24) is 15.5 Å². The molecular formula is C19H38N4O. The summed E-state index contributed by atoms with van der Waals surface area (Å²) in [4.78, 5) is 7.36. The van der Waals surface area contributed by atoms with E-state index in [0.717, 1.165) is 38.1 Å². The molecule has 2 fully saturated rings. The first-order chi connectivity index (χ1) is 11.6. The maximum atomic E-state index is 6.01. The Hall–Kier alpha value is -0.810.